The lowest BCUT2D eigenvalue weighted by atomic mass is 9.66. The summed E-state index contributed by atoms with van der Waals surface area (Å²) in [5.74, 6) is 2.01. The topological polar surface area (TPSA) is 29.4 Å². The number of fused-ring (bicyclic) bond motifs is 8. The van der Waals surface area contributed by atoms with Crippen molar-refractivity contribution in [3.8, 4) is 0 Å². The van der Waals surface area contributed by atoms with E-state index in [0.717, 1.165) is 24.5 Å². The highest BCUT2D eigenvalue weighted by molar-refractivity contribution is 5.18. The smallest absolute Gasteiger partial charge is 0.0874 e. The van der Waals surface area contributed by atoms with Gasteiger partial charge in [0.25, 0.3) is 0 Å². The van der Waals surface area contributed by atoms with E-state index >= 15 is 0 Å². The molecule has 0 N–H and O–H groups in total. The molecule has 2 heteroatoms. The third kappa shape index (κ3) is 4.60. The quantitative estimate of drug-likeness (QED) is 0.465. The lowest BCUT2D eigenvalue weighted by molar-refractivity contribution is 0.119. The molecular weight excluding hydrogens is 318 g/mol. The molecule has 0 heterocycles. The van der Waals surface area contributed by atoms with Gasteiger partial charge in [0.15, 0.2) is 0 Å². The van der Waals surface area contributed by atoms with Gasteiger partial charge in [-0.25, -0.2) is 0 Å². The Labute approximate surface area is 161 Å². The summed E-state index contributed by atoms with van der Waals surface area (Å²) in [5, 5.41) is 3.75. The van der Waals surface area contributed by atoms with Crippen LogP contribution in [0.1, 0.15) is 117 Å². The van der Waals surface area contributed by atoms with Crippen LogP contribution in [-0.2, 0) is 0 Å². The molecule has 0 spiro atoms. The molecule has 0 amide bonds. The van der Waals surface area contributed by atoms with E-state index in [0.29, 0.717) is 17.3 Å². The van der Waals surface area contributed by atoms with Crippen molar-refractivity contribution in [2.45, 2.75) is 117 Å². The number of nitroso groups, excluding NO2 is 1. The fraction of sp³-hybridized carbons (Fsp3) is 0.917. The molecule has 2 fully saturated rings. The normalized spacial score (nSPS) is 39.4. The Morgan fingerprint density at radius 1 is 0.962 bits per heavy atom. The number of hydrogen-bond acceptors (Lipinski definition) is 2. The molecule has 2 nitrogen and oxygen atoms in total. The highest BCUT2D eigenvalue weighted by Crippen LogP contribution is 2.49. The fourth-order valence-electron chi connectivity index (χ4n) is 6.51. The first-order valence-electron chi connectivity index (χ1n) is 11.7. The fourth-order valence-corrected chi connectivity index (χ4v) is 6.51. The standard InChI is InChI=1S/C24H41NO/c1-3-4-10-19-11-5-6-14-21-15-16-22(19)23(25-26)20-12-7-8-17-24(21,2)18-9-13-20/h19,21-22H,3-18H2,1-2H3/b23-20+. The van der Waals surface area contributed by atoms with E-state index in [1.165, 1.54) is 95.5 Å². The van der Waals surface area contributed by atoms with Crippen LogP contribution >= 0.6 is 0 Å². The molecule has 0 aromatic carbocycles. The Hall–Kier alpha value is -0.660. The highest BCUT2D eigenvalue weighted by atomic mass is 16.3. The Bertz CT molecular complexity index is 496. The van der Waals surface area contributed by atoms with E-state index in [4.69, 9.17) is 0 Å². The van der Waals surface area contributed by atoms with Crippen molar-refractivity contribution in [2.75, 3.05) is 0 Å². The molecule has 2 saturated carbocycles. The minimum atomic E-state index is 0.454. The molecule has 4 atom stereocenters. The number of allylic oxidation sites excluding steroid dienone is 2. The Morgan fingerprint density at radius 3 is 2.54 bits per heavy atom. The summed E-state index contributed by atoms with van der Waals surface area (Å²) >= 11 is 0. The van der Waals surface area contributed by atoms with Gasteiger partial charge in [-0.2, -0.15) is 0 Å². The summed E-state index contributed by atoms with van der Waals surface area (Å²) in [5.41, 5.74) is 3.01. The average molecular weight is 360 g/mol. The zero-order valence-corrected chi connectivity index (χ0v) is 17.4. The maximum atomic E-state index is 12.1. The predicted octanol–water partition coefficient (Wildman–Crippen LogP) is 8.16. The first-order valence-corrected chi connectivity index (χ1v) is 11.7. The molecule has 0 saturated heterocycles. The van der Waals surface area contributed by atoms with Gasteiger partial charge < -0.3 is 0 Å². The van der Waals surface area contributed by atoms with Crippen molar-refractivity contribution in [1.29, 1.82) is 0 Å². The number of unbranched alkanes of at least 4 members (excludes halogenated alkanes) is 1. The van der Waals surface area contributed by atoms with Crippen LogP contribution in [0.5, 0.6) is 0 Å². The number of nitrogens with zero attached hydrogens (tertiary/aromatic N) is 1. The van der Waals surface area contributed by atoms with Crippen LogP contribution in [0.2, 0.25) is 0 Å². The molecule has 0 aliphatic heterocycles. The van der Waals surface area contributed by atoms with Gasteiger partial charge in [0, 0.05) is 5.92 Å². The van der Waals surface area contributed by atoms with E-state index in [2.05, 4.69) is 19.0 Å². The molecular formula is C24H41NO. The molecule has 3 rings (SSSR count). The van der Waals surface area contributed by atoms with Crippen molar-refractivity contribution in [1.82, 2.24) is 0 Å². The van der Waals surface area contributed by atoms with Gasteiger partial charge in [0.1, 0.15) is 0 Å². The van der Waals surface area contributed by atoms with Gasteiger partial charge in [-0.15, -0.1) is 4.91 Å². The zero-order chi connectivity index (χ0) is 18.4. The van der Waals surface area contributed by atoms with Gasteiger partial charge in [-0.3, -0.25) is 0 Å². The molecule has 4 unspecified atom stereocenters. The molecule has 26 heavy (non-hydrogen) atoms. The van der Waals surface area contributed by atoms with Gasteiger partial charge in [0.05, 0.1) is 5.70 Å². The third-order valence-corrected chi connectivity index (χ3v) is 8.20. The summed E-state index contributed by atoms with van der Waals surface area (Å²) < 4.78 is 0. The minimum Gasteiger partial charge on any atom is -0.145 e. The van der Waals surface area contributed by atoms with Gasteiger partial charge in [-0.05, 0) is 98.6 Å². The zero-order valence-electron chi connectivity index (χ0n) is 17.4. The summed E-state index contributed by atoms with van der Waals surface area (Å²) in [6, 6.07) is 0. The second-order valence-electron chi connectivity index (χ2n) is 9.86. The lowest BCUT2D eigenvalue weighted by Gasteiger charge is -2.39. The van der Waals surface area contributed by atoms with Crippen LogP contribution in [0.4, 0.5) is 0 Å². The minimum absolute atomic E-state index is 0.454. The van der Waals surface area contributed by atoms with Gasteiger partial charge in [-0.1, -0.05) is 46.0 Å². The molecule has 148 valence electrons. The first kappa shape index (κ1) is 20.1. The second kappa shape index (κ2) is 9.51. The van der Waals surface area contributed by atoms with Crippen molar-refractivity contribution in [3.05, 3.63) is 16.2 Å². The number of rotatable bonds is 4. The summed E-state index contributed by atoms with van der Waals surface area (Å²) in [4.78, 5) is 12.1. The van der Waals surface area contributed by atoms with Crippen molar-refractivity contribution in [3.63, 3.8) is 0 Å². The Kier molecular flexibility index (Phi) is 7.35. The van der Waals surface area contributed by atoms with Crippen LogP contribution < -0.4 is 0 Å². The maximum absolute atomic E-state index is 12.1. The van der Waals surface area contributed by atoms with Crippen LogP contribution in [0.3, 0.4) is 0 Å². The van der Waals surface area contributed by atoms with Crippen LogP contribution in [0.25, 0.3) is 0 Å². The second-order valence-corrected chi connectivity index (χ2v) is 9.86. The SMILES string of the molecule is CCCCC1CCCCC2CCC1/C(N=O)=C1/CCCCC2(C)CCC1. The van der Waals surface area contributed by atoms with Crippen LogP contribution in [0, 0.1) is 28.1 Å². The Balaban J connectivity index is 2.01. The van der Waals surface area contributed by atoms with E-state index in [9.17, 15) is 4.91 Å². The summed E-state index contributed by atoms with van der Waals surface area (Å²) in [7, 11) is 0. The summed E-state index contributed by atoms with van der Waals surface area (Å²) in [6.07, 6.45) is 20.8. The van der Waals surface area contributed by atoms with Crippen molar-refractivity contribution >= 4 is 0 Å². The number of hydrogen-bond donors (Lipinski definition) is 0. The van der Waals surface area contributed by atoms with Gasteiger partial charge >= 0.3 is 0 Å². The first-order chi connectivity index (χ1) is 12.7. The van der Waals surface area contributed by atoms with E-state index in [1.807, 2.05) is 0 Å². The third-order valence-electron chi connectivity index (χ3n) is 8.20. The summed E-state index contributed by atoms with van der Waals surface area (Å²) in [6.45, 7) is 4.90. The van der Waals surface area contributed by atoms with Crippen LogP contribution in [-0.4, -0.2) is 0 Å². The molecule has 3 aliphatic carbocycles. The van der Waals surface area contributed by atoms with E-state index in [1.54, 1.807) is 0 Å². The monoisotopic (exact) mass is 359 g/mol. The van der Waals surface area contributed by atoms with Crippen molar-refractivity contribution in [2.24, 2.45) is 28.3 Å². The largest absolute Gasteiger partial charge is 0.145 e. The van der Waals surface area contributed by atoms with E-state index in [-0.39, 0.29) is 0 Å². The lowest BCUT2D eigenvalue weighted by Crippen LogP contribution is -2.29. The predicted molar refractivity (Wildman–Crippen MR) is 111 cm³/mol. The molecule has 0 radical (unpaired) electrons. The highest BCUT2D eigenvalue weighted by Gasteiger charge is 2.38. The Morgan fingerprint density at radius 2 is 1.73 bits per heavy atom. The molecule has 0 aromatic rings. The van der Waals surface area contributed by atoms with Gasteiger partial charge in [0.2, 0.25) is 0 Å². The maximum Gasteiger partial charge on any atom is 0.0874 e. The van der Waals surface area contributed by atoms with E-state index < -0.39 is 0 Å². The molecule has 3 aliphatic rings. The van der Waals surface area contributed by atoms with Crippen LogP contribution in [0.15, 0.2) is 16.4 Å². The van der Waals surface area contributed by atoms with Crippen molar-refractivity contribution < 1.29 is 0 Å². The molecule has 4 bridgehead atoms. The molecule has 0 aromatic heterocycles. The average Bonchev–Trinajstić information content (AvgIpc) is 2.79.